The molecule has 2 heterocycles. The van der Waals surface area contributed by atoms with Crippen molar-refractivity contribution >= 4 is 16.6 Å². The van der Waals surface area contributed by atoms with Crippen LogP contribution in [0.1, 0.15) is 25.3 Å². The predicted octanol–water partition coefficient (Wildman–Crippen LogP) is 3.74. The van der Waals surface area contributed by atoms with E-state index < -0.39 is 23.1 Å². The van der Waals surface area contributed by atoms with Crippen molar-refractivity contribution in [3.63, 3.8) is 0 Å². The summed E-state index contributed by atoms with van der Waals surface area (Å²) in [5.41, 5.74) is -1.27. The number of phenols is 1. The quantitative estimate of drug-likeness (QED) is 0.631. The SMILES string of the molecule is CC1(O)CC(Nc2nnc(-c3ccc(C(F)(F)F)cc3O)c3cnccc23)C1. The van der Waals surface area contributed by atoms with E-state index in [1.807, 2.05) is 0 Å². The lowest BCUT2D eigenvalue weighted by atomic mass is 9.77. The van der Waals surface area contributed by atoms with Gasteiger partial charge in [0.05, 0.1) is 11.2 Å². The van der Waals surface area contributed by atoms with Crippen LogP contribution in [0.5, 0.6) is 5.75 Å². The standard InChI is InChI=1S/C19H17F3N4O2/c1-18(28)7-11(8-18)24-17-12-4-5-23-9-14(12)16(25-26-17)13-3-2-10(6-15(13)27)19(20,21)22/h2-6,9,11,27-28H,7-8H2,1H3,(H,24,26). The molecule has 2 aromatic heterocycles. The van der Waals surface area contributed by atoms with Crippen molar-refractivity contribution in [1.82, 2.24) is 15.2 Å². The number of aliphatic hydroxyl groups is 1. The van der Waals surface area contributed by atoms with Crippen molar-refractivity contribution in [3.05, 3.63) is 42.2 Å². The van der Waals surface area contributed by atoms with Gasteiger partial charge in [-0.1, -0.05) is 0 Å². The zero-order valence-corrected chi connectivity index (χ0v) is 14.8. The molecule has 1 aliphatic carbocycles. The summed E-state index contributed by atoms with van der Waals surface area (Å²) in [4.78, 5) is 4.07. The number of hydrogen-bond donors (Lipinski definition) is 3. The molecule has 1 saturated carbocycles. The van der Waals surface area contributed by atoms with Gasteiger partial charge in [-0.25, -0.2) is 0 Å². The Labute approximate surface area is 158 Å². The fourth-order valence-corrected chi connectivity index (χ4v) is 3.51. The zero-order valence-electron chi connectivity index (χ0n) is 14.8. The topological polar surface area (TPSA) is 91.2 Å². The Morgan fingerprint density at radius 3 is 2.54 bits per heavy atom. The Morgan fingerprint density at radius 2 is 1.89 bits per heavy atom. The van der Waals surface area contributed by atoms with Crippen LogP contribution >= 0.6 is 0 Å². The summed E-state index contributed by atoms with van der Waals surface area (Å²) in [6, 6.07) is 4.49. The smallest absolute Gasteiger partial charge is 0.416 e. The molecule has 1 fully saturated rings. The minimum Gasteiger partial charge on any atom is -0.507 e. The zero-order chi connectivity index (χ0) is 20.1. The molecule has 3 N–H and O–H groups in total. The second-order valence-corrected chi connectivity index (χ2v) is 7.29. The Kier molecular flexibility index (Phi) is 4.15. The third kappa shape index (κ3) is 3.33. The first kappa shape index (κ1) is 18.4. The van der Waals surface area contributed by atoms with Crippen LogP contribution in [-0.2, 0) is 6.18 Å². The molecule has 0 spiro atoms. The van der Waals surface area contributed by atoms with Crippen LogP contribution in [0.15, 0.2) is 36.7 Å². The van der Waals surface area contributed by atoms with Gasteiger partial charge in [-0.15, -0.1) is 10.2 Å². The minimum absolute atomic E-state index is 0.0472. The first-order valence-corrected chi connectivity index (χ1v) is 8.64. The maximum Gasteiger partial charge on any atom is 0.416 e. The molecule has 1 aromatic carbocycles. The van der Waals surface area contributed by atoms with E-state index in [1.165, 1.54) is 12.3 Å². The summed E-state index contributed by atoms with van der Waals surface area (Å²) in [6.45, 7) is 1.76. The summed E-state index contributed by atoms with van der Waals surface area (Å²) >= 11 is 0. The molecular formula is C19H17F3N4O2. The van der Waals surface area contributed by atoms with E-state index in [0.717, 1.165) is 6.07 Å². The number of aromatic hydroxyl groups is 1. The van der Waals surface area contributed by atoms with Crippen LogP contribution in [0, 0.1) is 0 Å². The summed E-state index contributed by atoms with van der Waals surface area (Å²) in [5, 5.41) is 32.8. The third-order valence-corrected chi connectivity index (χ3v) is 4.87. The average molecular weight is 390 g/mol. The molecule has 9 heteroatoms. The van der Waals surface area contributed by atoms with E-state index in [9.17, 15) is 23.4 Å². The van der Waals surface area contributed by atoms with Gasteiger partial charge < -0.3 is 15.5 Å². The number of alkyl halides is 3. The molecule has 146 valence electrons. The number of fused-ring (bicyclic) bond motifs is 1. The van der Waals surface area contributed by atoms with Gasteiger partial charge in [0.2, 0.25) is 0 Å². The molecule has 0 unspecified atom stereocenters. The molecule has 6 nitrogen and oxygen atoms in total. The second-order valence-electron chi connectivity index (χ2n) is 7.29. The summed E-state index contributed by atoms with van der Waals surface area (Å²) < 4.78 is 38.5. The molecule has 1 aliphatic rings. The predicted molar refractivity (Wildman–Crippen MR) is 96.7 cm³/mol. The van der Waals surface area contributed by atoms with E-state index in [4.69, 9.17) is 0 Å². The number of aromatic nitrogens is 3. The van der Waals surface area contributed by atoms with Crippen molar-refractivity contribution in [3.8, 4) is 17.0 Å². The van der Waals surface area contributed by atoms with Crippen molar-refractivity contribution in [2.45, 2.75) is 37.6 Å². The van der Waals surface area contributed by atoms with Crippen molar-refractivity contribution in [2.75, 3.05) is 5.32 Å². The highest BCUT2D eigenvalue weighted by atomic mass is 19.4. The van der Waals surface area contributed by atoms with E-state index >= 15 is 0 Å². The number of phenolic OH excluding ortho intramolecular Hbond substituents is 1. The number of halogens is 3. The molecule has 0 saturated heterocycles. The first-order valence-electron chi connectivity index (χ1n) is 8.64. The number of benzene rings is 1. The summed E-state index contributed by atoms with van der Waals surface area (Å²) in [7, 11) is 0. The minimum atomic E-state index is -4.55. The van der Waals surface area contributed by atoms with Crippen LogP contribution < -0.4 is 5.32 Å². The Hall–Kier alpha value is -2.94. The Balaban J connectivity index is 1.74. The molecule has 0 atom stereocenters. The highest BCUT2D eigenvalue weighted by Gasteiger charge is 2.38. The molecule has 0 aliphatic heterocycles. The second kappa shape index (κ2) is 6.30. The van der Waals surface area contributed by atoms with E-state index in [0.29, 0.717) is 35.5 Å². The number of hydrogen-bond acceptors (Lipinski definition) is 6. The molecule has 4 rings (SSSR count). The summed E-state index contributed by atoms with van der Waals surface area (Å²) in [5.74, 6) is -0.0434. The van der Waals surface area contributed by atoms with Gasteiger partial charge in [0.1, 0.15) is 11.4 Å². The van der Waals surface area contributed by atoms with Crippen LogP contribution in [0.25, 0.3) is 22.0 Å². The van der Waals surface area contributed by atoms with E-state index in [1.54, 1.807) is 19.2 Å². The molecule has 3 aromatic rings. The van der Waals surface area contributed by atoms with Crippen LogP contribution in [0.2, 0.25) is 0 Å². The maximum atomic E-state index is 12.8. The molecule has 0 amide bonds. The third-order valence-electron chi connectivity index (χ3n) is 4.87. The monoisotopic (exact) mass is 390 g/mol. The van der Waals surface area contributed by atoms with E-state index in [2.05, 4.69) is 20.5 Å². The number of pyridine rings is 1. The van der Waals surface area contributed by atoms with Gasteiger partial charge in [-0.3, -0.25) is 4.98 Å². The Bertz CT molecular complexity index is 1050. The van der Waals surface area contributed by atoms with Crippen molar-refractivity contribution in [2.24, 2.45) is 0 Å². The van der Waals surface area contributed by atoms with Gasteiger partial charge in [-0.2, -0.15) is 13.2 Å². The fourth-order valence-electron chi connectivity index (χ4n) is 3.51. The number of nitrogens with zero attached hydrogens (tertiary/aromatic N) is 3. The maximum absolute atomic E-state index is 12.8. The lowest BCUT2D eigenvalue weighted by Gasteiger charge is -2.41. The van der Waals surface area contributed by atoms with Gasteiger partial charge in [0.25, 0.3) is 0 Å². The van der Waals surface area contributed by atoms with Gasteiger partial charge in [0.15, 0.2) is 5.82 Å². The molecule has 0 radical (unpaired) electrons. The molecule has 0 bridgehead atoms. The van der Waals surface area contributed by atoms with Crippen LogP contribution in [0.4, 0.5) is 19.0 Å². The molecule has 28 heavy (non-hydrogen) atoms. The normalized spacial score (nSPS) is 22.1. The summed E-state index contributed by atoms with van der Waals surface area (Å²) in [6.07, 6.45) is -0.310. The van der Waals surface area contributed by atoms with Crippen molar-refractivity contribution < 1.29 is 23.4 Å². The fraction of sp³-hybridized carbons (Fsp3) is 0.316. The highest BCUT2D eigenvalue weighted by Crippen LogP contribution is 2.39. The Morgan fingerprint density at radius 1 is 1.14 bits per heavy atom. The number of nitrogens with one attached hydrogen (secondary N) is 1. The molecular weight excluding hydrogens is 373 g/mol. The largest absolute Gasteiger partial charge is 0.507 e. The first-order chi connectivity index (χ1) is 13.1. The lowest BCUT2D eigenvalue weighted by molar-refractivity contribution is -0.137. The average Bonchev–Trinajstić information content (AvgIpc) is 2.60. The van der Waals surface area contributed by atoms with Crippen LogP contribution in [0.3, 0.4) is 0 Å². The van der Waals surface area contributed by atoms with Gasteiger partial charge in [-0.05, 0) is 44.0 Å². The number of rotatable bonds is 3. The van der Waals surface area contributed by atoms with Crippen LogP contribution in [-0.4, -0.2) is 37.0 Å². The van der Waals surface area contributed by atoms with E-state index in [-0.39, 0.29) is 17.3 Å². The number of anilines is 1. The van der Waals surface area contributed by atoms with Crippen molar-refractivity contribution in [1.29, 1.82) is 0 Å². The van der Waals surface area contributed by atoms with Gasteiger partial charge >= 0.3 is 6.18 Å². The lowest BCUT2D eigenvalue weighted by Crippen LogP contribution is -2.48. The highest BCUT2D eigenvalue weighted by molar-refractivity contribution is 6.00. The van der Waals surface area contributed by atoms with Gasteiger partial charge in [0, 0.05) is 34.8 Å².